The van der Waals surface area contributed by atoms with Crippen molar-refractivity contribution in [3.63, 3.8) is 0 Å². The highest BCUT2D eigenvalue weighted by atomic mass is 16.1. The van der Waals surface area contributed by atoms with Gasteiger partial charge in [0.2, 0.25) is 0 Å². The molecular weight excluding hydrogens is 290 g/mol. The van der Waals surface area contributed by atoms with Gasteiger partial charge in [-0.3, -0.25) is 9.48 Å². The van der Waals surface area contributed by atoms with E-state index < -0.39 is 0 Å². The minimum atomic E-state index is -0.106. The van der Waals surface area contributed by atoms with E-state index in [9.17, 15) is 4.79 Å². The van der Waals surface area contributed by atoms with Crippen LogP contribution >= 0.6 is 0 Å². The average molecular weight is 313 g/mol. The van der Waals surface area contributed by atoms with Gasteiger partial charge in [-0.25, -0.2) is 0 Å². The van der Waals surface area contributed by atoms with Crippen molar-refractivity contribution < 1.29 is 4.79 Å². The molecule has 1 aromatic heterocycles. The number of hydrogen-bond acceptors (Lipinski definition) is 4. The van der Waals surface area contributed by atoms with Gasteiger partial charge < -0.3 is 16.0 Å². The number of anilines is 1. The zero-order valence-corrected chi connectivity index (χ0v) is 13.5. The summed E-state index contributed by atoms with van der Waals surface area (Å²) < 4.78 is 1.84. The van der Waals surface area contributed by atoms with Crippen molar-refractivity contribution in [1.29, 1.82) is 0 Å². The van der Waals surface area contributed by atoms with E-state index in [0.717, 1.165) is 30.6 Å². The number of aromatic nitrogens is 2. The van der Waals surface area contributed by atoms with Crippen LogP contribution in [0.5, 0.6) is 0 Å². The van der Waals surface area contributed by atoms with Gasteiger partial charge in [0.15, 0.2) is 5.69 Å². The fourth-order valence-electron chi connectivity index (χ4n) is 3.02. The molecule has 0 bridgehead atoms. The van der Waals surface area contributed by atoms with Crippen LogP contribution < -0.4 is 16.0 Å². The molecule has 1 aliphatic rings. The number of nitrogens with zero attached hydrogens (tertiary/aromatic N) is 3. The van der Waals surface area contributed by atoms with E-state index in [-0.39, 0.29) is 5.91 Å². The van der Waals surface area contributed by atoms with Gasteiger partial charge in [0.25, 0.3) is 5.91 Å². The average Bonchev–Trinajstić information content (AvgIpc) is 2.92. The Balaban J connectivity index is 1.82. The molecule has 0 aliphatic carbocycles. The Bertz CT molecular complexity index is 680. The lowest BCUT2D eigenvalue weighted by atomic mass is 10.0. The smallest absolute Gasteiger partial charge is 0.272 e. The fraction of sp³-hybridized carbons (Fsp3) is 0.412. The lowest BCUT2D eigenvalue weighted by Gasteiger charge is -2.29. The number of nitrogens with two attached hydrogens (primary N) is 1. The van der Waals surface area contributed by atoms with Crippen LogP contribution in [0, 0.1) is 0 Å². The molecule has 23 heavy (non-hydrogen) atoms. The van der Waals surface area contributed by atoms with E-state index in [0.29, 0.717) is 25.3 Å². The first-order valence-electron chi connectivity index (χ1n) is 8.03. The Hall–Kier alpha value is -2.34. The number of para-hydroxylation sites is 1. The first-order valence-corrected chi connectivity index (χ1v) is 8.03. The van der Waals surface area contributed by atoms with Crippen LogP contribution in [-0.4, -0.2) is 35.3 Å². The Kier molecular flexibility index (Phi) is 4.62. The van der Waals surface area contributed by atoms with Gasteiger partial charge in [-0.2, -0.15) is 5.10 Å². The molecule has 3 N–H and O–H groups in total. The van der Waals surface area contributed by atoms with Gasteiger partial charge in [-0.05, 0) is 25.1 Å². The summed E-state index contributed by atoms with van der Waals surface area (Å²) in [6, 6.07) is 10.3. The number of nitrogens with one attached hydrogen (secondary N) is 1. The van der Waals surface area contributed by atoms with E-state index in [2.05, 4.69) is 27.4 Å². The number of carbonyl (C=O) groups excluding carboxylic acids is 1. The van der Waals surface area contributed by atoms with Gasteiger partial charge >= 0.3 is 0 Å². The molecule has 6 heteroatoms. The second kappa shape index (κ2) is 6.83. The molecule has 0 atom stereocenters. The molecule has 0 radical (unpaired) electrons. The minimum Gasteiger partial charge on any atom is -0.367 e. The predicted octanol–water partition coefficient (Wildman–Crippen LogP) is 1.06. The molecule has 1 amide bonds. The molecule has 0 unspecified atom stereocenters. The summed E-state index contributed by atoms with van der Waals surface area (Å²) >= 11 is 0. The Labute approximate surface area is 136 Å². The van der Waals surface area contributed by atoms with Crippen molar-refractivity contribution in [2.24, 2.45) is 12.8 Å². The summed E-state index contributed by atoms with van der Waals surface area (Å²) in [4.78, 5) is 14.7. The van der Waals surface area contributed by atoms with Gasteiger partial charge in [0, 0.05) is 50.0 Å². The Morgan fingerprint density at radius 1 is 1.35 bits per heavy atom. The minimum absolute atomic E-state index is 0.106. The zero-order valence-electron chi connectivity index (χ0n) is 13.5. The second-order valence-corrected chi connectivity index (χ2v) is 5.80. The molecular formula is C17H23N5O. The monoisotopic (exact) mass is 313 g/mol. The topological polar surface area (TPSA) is 76.2 Å². The molecule has 3 rings (SSSR count). The van der Waals surface area contributed by atoms with Gasteiger partial charge in [0.05, 0.1) is 0 Å². The molecule has 1 aromatic carbocycles. The summed E-state index contributed by atoms with van der Waals surface area (Å²) in [5.41, 5.74) is 9.38. The predicted molar refractivity (Wildman–Crippen MR) is 90.4 cm³/mol. The van der Waals surface area contributed by atoms with E-state index >= 15 is 0 Å². The molecule has 1 aliphatic heterocycles. The SMILES string of the molecule is Cn1nc(C(=O)NCCCN)c2c1CCN(c1ccccc1)C2. The number of benzene rings is 1. The largest absolute Gasteiger partial charge is 0.367 e. The van der Waals surface area contributed by atoms with Gasteiger partial charge in [-0.1, -0.05) is 18.2 Å². The standard InChI is InChI=1S/C17H23N5O/c1-21-15-8-11-22(13-6-3-2-4-7-13)12-14(15)16(20-21)17(23)19-10-5-9-18/h2-4,6-7H,5,8-12,18H2,1H3,(H,19,23). The zero-order chi connectivity index (χ0) is 16.2. The third-order valence-corrected chi connectivity index (χ3v) is 4.25. The number of aryl methyl sites for hydroxylation is 1. The maximum absolute atomic E-state index is 12.4. The van der Waals surface area contributed by atoms with Crippen LogP contribution in [0.4, 0.5) is 5.69 Å². The second-order valence-electron chi connectivity index (χ2n) is 5.80. The van der Waals surface area contributed by atoms with Crippen LogP contribution in [0.15, 0.2) is 30.3 Å². The summed E-state index contributed by atoms with van der Waals surface area (Å²) in [7, 11) is 1.91. The van der Waals surface area contributed by atoms with Crippen molar-refractivity contribution in [2.75, 3.05) is 24.5 Å². The van der Waals surface area contributed by atoms with Gasteiger partial charge in [0.1, 0.15) is 0 Å². The van der Waals surface area contributed by atoms with Crippen molar-refractivity contribution in [2.45, 2.75) is 19.4 Å². The van der Waals surface area contributed by atoms with Crippen molar-refractivity contribution in [3.8, 4) is 0 Å². The molecule has 0 fully saturated rings. The van der Waals surface area contributed by atoms with Crippen LogP contribution in [-0.2, 0) is 20.0 Å². The summed E-state index contributed by atoms with van der Waals surface area (Å²) in [6.07, 6.45) is 1.67. The van der Waals surface area contributed by atoms with Crippen molar-refractivity contribution in [1.82, 2.24) is 15.1 Å². The highest BCUT2D eigenvalue weighted by Gasteiger charge is 2.27. The van der Waals surface area contributed by atoms with Crippen molar-refractivity contribution >= 4 is 11.6 Å². The normalized spacial score (nSPS) is 13.7. The maximum Gasteiger partial charge on any atom is 0.272 e. The Morgan fingerprint density at radius 3 is 2.87 bits per heavy atom. The quantitative estimate of drug-likeness (QED) is 0.809. The molecule has 0 saturated heterocycles. The van der Waals surface area contributed by atoms with E-state index in [1.54, 1.807) is 0 Å². The third kappa shape index (κ3) is 3.22. The lowest BCUT2D eigenvalue weighted by Crippen LogP contribution is -2.33. The van der Waals surface area contributed by atoms with Crippen LogP contribution in [0.1, 0.15) is 28.2 Å². The van der Waals surface area contributed by atoms with Gasteiger partial charge in [-0.15, -0.1) is 0 Å². The van der Waals surface area contributed by atoms with Crippen molar-refractivity contribution in [3.05, 3.63) is 47.3 Å². The highest BCUT2D eigenvalue weighted by molar-refractivity contribution is 5.94. The third-order valence-electron chi connectivity index (χ3n) is 4.25. The molecule has 0 spiro atoms. The number of rotatable bonds is 5. The molecule has 2 heterocycles. The summed E-state index contributed by atoms with van der Waals surface area (Å²) in [6.45, 7) is 2.81. The summed E-state index contributed by atoms with van der Waals surface area (Å²) in [5.74, 6) is -0.106. The molecule has 122 valence electrons. The van der Waals surface area contributed by atoms with Crippen LogP contribution in [0.25, 0.3) is 0 Å². The first kappa shape index (κ1) is 15.6. The maximum atomic E-state index is 12.4. The number of hydrogen-bond donors (Lipinski definition) is 2. The van der Waals surface area contributed by atoms with Crippen LogP contribution in [0.3, 0.4) is 0 Å². The molecule has 0 saturated carbocycles. The van der Waals surface area contributed by atoms with E-state index in [1.165, 1.54) is 5.69 Å². The number of carbonyl (C=O) groups is 1. The molecule has 6 nitrogen and oxygen atoms in total. The fourth-order valence-corrected chi connectivity index (χ4v) is 3.02. The molecule has 2 aromatic rings. The van der Waals surface area contributed by atoms with E-state index in [4.69, 9.17) is 5.73 Å². The highest BCUT2D eigenvalue weighted by Crippen LogP contribution is 2.26. The number of fused-ring (bicyclic) bond motifs is 1. The summed E-state index contributed by atoms with van der Waals surface area (Å²) in [5, 5.41) is 7.35. The first-order chi connectivity index (χ1) is 11.2. The van der Waals surface area contributed by atoms with Crippen LogP contribution in [0.2, 0.25) is 0 Å². The Morgan fingerprint density at radius 2 is 2.13 bits per heavy atom. The number of amides is 1. The lowest BCUT2D eigenvalue weighted by molar-refractivity contribution is 0.0947. The van der Waals surface area contributed by atoms with E-state index in [1.807, 2.05) is 29.9 Å².